The Kier molecular flexibility index (Phi) is 7.89. The lowest BCUT2D eigenvalue weighted by atomic mass is 10.0. The van der Waals surface area contributed by atoms with E-state index in [-0.39, 0.29) is 6.04 Å². The fourth-order valence-corrected chi connectivity index (χ4v) is 2.28. The van der Waals surface area contributed by atoms with Crippen LogP contribution in [0.2, 0.25) is 0 Å². The summed E-state index contributed by atoms with van der Waals surface area (Å²) in [4.78, 5) is 6.51. The van der Waals surface area contributed by atoms with Crippen LogP contribution in [0.5, 0.6) is 5.75 Å². The standard InChI is InChI=1S/C18H32N4O/c1-13(2)14(3)21-18(19-4)20-12-16(22(5)6)15-10-8-9-11-17(15)23-7/h8-11,13-14,16H,12H2,1-7H3,(H2,19,20,21). The molecule has 0 heterocycles. The van der Waals surface area contributed by atoms with Gasteiger partial charge in [-0.25, -0.2) is 0 Å². The van der Waals surface area contributed by atoms with Gasteiger partial charge in [0, 0.05) is 25.2 Å². The van der Waals surface area contributed by atoms with Gasteiger partial charge in [0.1, 0.15) is 5.75 Å². The maximum atomic E-state index is 5.51. The number of aliphatic imine (C=N–C) groups is 1. The summed E-state index contributed by atoms with van der Waals surface area (Å²) in [7, 11) is 7.66. The molecule has 1 rings (SSSR count). The molecule has 0 spiro atoms. The Balaban J connectivity index is 2.81. The number of guanidine groups is 1. The fourth-order valence-electron chi connectivity index (χ4n) is 2.28. The monoisotopic (exact) mass is 320 g/mol. The third kappa shape index (κ3) is 5.75. The van der Waals surface area contributed by atoms with E-state index in [0.717, 1.165) is 18.3 Å². The number of likely N-dealkylation sites (N-methyl/N-ethyl adjacent to an activating group) is 1. The minimum absolute atomic E-state index is 0.194. The summed E-state index contributed by atoms with van der Waals surface area (Å²) in [6, 6.07) is 8.71. The van der Waals surface area contributed by atoms with Crippen LogP contribution in [0, 0.1) is 5.92 Å². The van der Waals surface area contributed by atoms with Crippen LogP contribution in [0.25, 0.3) is 0 Å². The van der Waals surface area contributed by atoms with Gasteiger partial charge in [-0.2, -0.15) is 0 Å². The number of para-hydroxylation sites is 1. The Hall–Kier alpha value is -1.75. The summed E-state index contributed by atoms with van der Waals surface area (Å²) in [5, 5.41) is 6.86. The zero-order valence-corrected chi connectivity index (χ0v) is 15.6. The molecule has 1 aromatic rings. The fraction of sp³-hybridized carbons (Fsp3) is 0.611. The molecule has 1 aromatic carbocycles. The Bertz CT molecular complexity index is 500. The first kappa shape index (κ1) is 19.3. The molecule has 0 amide bonds. The number of nitrogens with zero attached hydrogens (tertiary/aromatic N) is 2. The quantitative estimate of drug-likeness (QED) is 0.599. The van der Waals surface area contributed by atoms with Gasteiger partial charge in [0.15, 0.2) is 5.96 Å². The first-order valence-electron chi connectivity index (χ1n) is 8.17. The molecule has 0 fully saturated rings. The van der Waals surface area contributed by atoms with Crippen molar-refractivity contribution in [2.24, 2.45) is 10.9 Å². The van der Waals surface area contributed by atoms with E-state index in [1.807, 2.05) is 18.2 Å². The second-order valence-electron chi connectivity index (χ2n) is 6.35. The highest BCUT2D eigenvalue weighted by Gasteiger charge is 2.19. The average Bonchev–Trinajstić information content (AvgIpc) is 2.53. The van der Waals surface area contributed by atoms with Crippen molar-refractivity contribution >= 4 is 5.96 Å². The molecular weight excluding hydrogens is 288 g/mol. The van der Waals surface area contributed by atoms with Crippen molar-refractivity contribution in [1.29, 1.82) is 0 Å². The summed E-state index contributed by atoms with van der Waals surface area (Å²) in [5.74, 6) is 2.28. The van der Waals surface area contributed by atoms with Crippen molar-refractivity contribution in [3.63, 3.8) is 0 Å². The number of methoxy groups -OCH3 is 1. The topological polar surface area (TPSA) is 48.9 Å². The second kappa shape index (κ2) is 9.40. The molecule has 0 radical (unpaired) electrons. The lowest BCUT2D eigenvalue weighted by molar-refractivity contribution is 0.287. The first-order chi connectivity index (χ1) is 10.9. The van der Waals surface area contributed by atoms with E-state index in [2.05, 4.69) is 61.5 Å². The molecule has 0 aliphatic heterocycles. The molecule has 2 atom stereocenters. The average molecular weight is 320 g/mol. The molecule has 0 aliphatic rings. The van der Waals surface area contributed by atoms with Gasteiger partial charge in [0.05, 0.1) is 13.2 Å². The number of benzene rings is 1. The zero-order valence-electron chi connectivity index (χ0n) is 15.6. The van der Waals surface area contributed by atoms with Crippen molar-refractivity contribution in [2.45, 2.75) is 32.9 Å². The van der Waals surface area contributed by atoms with Gasteiger partial charge < -0.3 is 20.3 Å². The van der Waals surface area contributed by atoms with Crippen LogP contribution in [-0.4, -0.2) is 51.7 Å². The van der Waals surface area contributed by atoms with Gasteiger partial charge in [-0.3, -0.25) is 4.99 Å². The van der Waals surface area contributed by atoms with Gasteiger partial charge in [0.25, 0.3) is 0 Å². The molecule has 130 valence electrons. The van der Waals surface area contributed by atoms with Crippen LogP contribution < -0.4 is 15.4 Å². The largest absolute Gasteiger partial charge is 0.496 e. The molecule has 2 N–H and O–H groups in total. The first-order valence-corrected chi connectivity index (χ1v) is 8.17. The molecule has 0 aromatic heterocycles. The van der Waals surface area contributed by atoms with Crippen molar-refractivity contribution in [3.05, 3.63) is 29.8 Å². The van der Waals surface area contributed by atoms with E-state index in [1.165, 1.54) is 5.56 Å². The van der Waals surface area contributed by atoms with Crippen LogP contribution in [0.15, 0.2) is 29.3 Å². The highest BCUT2D eigenvalue weighted by atomic mass is 16.5. The van der Waals surface area contributed by atoms with E-state index in [4.69, 9.17) is 4.74 Å². The summed E-state index contributed by atoms with van der Waals surface area (Å²) in [6.07, 6.45) is 0. The Morgan fingerprint density at radius 3 is 2.39 bits per heavy atom. The van der Waals surface area contributed by atoms with E-state index in [0.29, 0.717) is 12.0 Å². The molecule has 5 heteroatoms. The normalized spacial score (nSPS) is 14.7. The highest BCUT2D eigenvalue weighted by molar-refractivity contribution is 5.80. The third-order valence-electron chi connectivity index (χ3n) is 4.17. The number of nitrogens with one attached hydrogen (secondary N) is 2. The van der Waals surface area contributed by atoms with Crippen molar-refractivity contribution in [2.75, 3.05) is 34.8 Å². The molecule has 0 bridgehead atoms. The van der Waals surface area contributed by atoms with Gasteiger partial charge in [-0.05, 0) is 33.0 Å². The van der Waals surface area contributed by atoms with E-state index in [1.54, 1.807) is 14.2 Å². The second-order valence-corrected chi connectivity index (χ2v) is 6.35. The third-order valence-corrected chi connectivity index (χ3v) is 4.17. The van der Waals surface area contributed by atoms with E-state index >= 15 is 0 Å². The number of rotatable bonds is 7. The van der Waals surface area contributed by atoms with Gasteiger partial charge in [0.2, 0.25) is 0 Å². The molecule has 0 aliphatic carbocycles. The minimum Gasteiger partial charge on any atom is -0.496 e. The maximum absolute atomic E-state index is 5.51. The van der Waals surface area contributed by atoms with Gasteiger partial charge in [-0.15, -0.1) is 0 Å². The Morgan fingerprint density at radius 2 is 1.87 bits per heavy atom. The number of hydrogen-bond donors (Lipinski definition) is 2. The molecule has 2 unspecified atom stereocenters. The lowest BCUT2D eigenvalue weighted by Crippen LogP contribution is -2.46. The van der Waals surface area contributed by atoms with Crippen molar-refractivity contribution < 1.29 is 4.74 Å². The summed E-state index contributed by atoms with van der Waals surface area (Å²) >= 11 is 0. The van der Waals surface area contributed by atoms with Crippen LogP contribution in [0.3, 0.4) is 0 Å². The highest BCUT2D eigenvalue weighted by Crippen LogP contribution is 2.27. The van der Waals surface area contributed by atoms with Crippen molar-refractivity contribution in [3.8, 4) is 5.75 Å². The van der Waals surface area contributed by atoms with Gasteiger partial charge in [-0.1, -0.05) is 32.0 Å². The number of ether oxygens (including phenoxy) is 1. The van der Waals surface area contributed by atoms with Crippen LogP contribution in [-0.2, 0) is 0 Å². The predicted octanol–water partition coefficient (Wildman–Crippen LogP) is 2.51. The van der Waals surface area contributed by atoms with Crippen LogP contribution in [0.1, 0.15) is 32.4 Å². The maximum Gasteiger partial charge on any atom is 0.191 e. The molecule has 23 heavy (non-hydrogen) atoms. The minimum atomic E-state index is 0.194. The Labute approximate surface area is 141 Å². The van der Waals surface area contributed by atoms with Crippen LogP contribution >= 0.6 is 0 Å². The zero-order chi connectivity index (χ0) is 17.4. The van der Waals surface area contributed by atoms with E-state index < -0.39 is 0 Å². The summed E-state index contributed by atoms with van der Waals surface area (Å²) < 4.78 is 5.51. The molecular formula is C18H32N4O. The Morgan fingerprint density at radius 1 is 1.22 bits per heavy atom. The van der Waals surface area contributed by atoms with Gasteiger partial charge >= 0.3 is 0 Å². The summed E-state index contributed by atoms with van der Waals surface area (Å²) in [5.41, 5.74) is 1.17. The lowest BCUT2D eigenvalue weighted by Gasteiger charge is -2.28. The summed E-state index contributed by atoms with van der Waals surface area (Å²) in [6.45, 7) is 7.31. The molecule has 5 nitrogen and oxygen atoms in total. The number of hydrogen-bond acceptors (Lipinski definition) is 3. The SMILES string of the molecule is CN=C(NCC(c1ccccc1OC)N(C)C)NC(C)C(C)C. The van der Waals surface area contributed by atoms with E-state index in [9.17, 15) is 0 Å². The smallest absolute Gasteiger partial charge is 0.191 e. The predicted molar refractivity (Wildman–Crippen MR) is 98.2 cm³/mol. The molecule has 0 saturated carbocycles. The van der Waals surface area contributed by atoms with Crippen LogP contribution in [0.4, 0.5) is 0 Å². The molecule has 0 saturated heterocycles. The van der Waals surface area contributed by atoms with Crippen molar-refractivity contribution in [1.82, 2.24) is 15.5 Å².